The number of rotatable bonds is 5. The van der Waals surface area contributed by atoms with Crippen molar-refractivity contribution in [2.45, 2.75) is 52.5 Å². The van der Waals surface area contributed by atoms with E-state index in [0.717, 1.165) is 16.7 Å². The maximum atomic E-state index is 16.1. The largest absolute Gasteiger partial charge is 0.507 e. The van der Waals surface area contributed by atoms with E-state index >= 15 is 4.39 Å². The summed E-state index contributed by atoms with van der Waals surface area (Å²) in [4.78, 5) is 56.0. The highest BCUT2D eigenvalue weighted by molar-refractivity contribution is 6.10. The van der Waals surface area contributed by atoms with Crippen molar-refractivity contribution in [1.82, 2.24) is 24.4 Å². The fraction of sp³-hybridized carbons (Fsp3) is 0.355. The normalized spacial score (nSPS) is 20.2. The van der Waals surface area contributed by atoms with Gasteiger partial charge in [-0.2, -0.15) is 4.98 Å². The Balaban J connectivity index is 1.85. The van der Waals surface area contributed by atoms with E-state index in [9.17, 15) is 24.7 Å². The Kier molecular flexibility index (Phi) is 8.08. The van der Waals surface area contributed by atoms with Gasteiger partial charge in [0.15, 0.2) is 17.4 Å². The molecule has 4 heterocycles. The van der Waals surface area contributed by atoms with Crippen LogP contribution in [-0.2, 0) is 9.59 Å². The number of nitrogens with zero attached hydrogens (tertiary/aromatic N) is 7. The van der Waals surface area contributed by atoms with E-state index in [4.69, 9.17) is 0 Å². The SMILES string of the molecule is C=CC(=O)N1CCN(c2nc(=O)n(-c3c(C(C)C)ncnc3C(C)C)c3c2C=C(F)/C(=C2/C(=O)C=CC=C2O)N3O)[C@@H](C)C1. The summed E-state index contributed by atoms with van der Waals surface area (Å²) < 4.78 is 17.2. The third-order valence-electron chi connectivity index (χ3n) is 7.82. The van der Waals surface area contributed by atoms with E-state index in [1.165, 1.54) is 24.6 Å². The van der Waals surface area contributed by atoms with Crippen LogP contribution < -0.4 is 15.7 Å². The molecule has 2 aromatic heterocycles. The third kappa shape index (κ3) is 5.02. The molecular formula is C31H34FN7O5. The number of carbonyl (C=O) groups excluding carboxylic acids is 2. The molecule has 5 rings (SSSR count). The van der Waals surface area contributed by atoms with Gasteiger partial charge < -0.3 is 14.9 Å². The lowest BCUT2D eigenvalue weighted by Crippen LogP contribution is -2.54. The first-order chi connectivity index (χ1) is 20.9. The van der Waals surface area contributed by atoms with Crippen molar-refractivity contribution in [3.05, 3.63) is 87.5 Å². The zero-order valence-electron chi connectivity index (χ0n) is 25.2. The lowest BCUT2D eigenvalue weighted by atomic mass is 9.97. The topological polar surface area (TPSA) is 145 Å². The van der Waals surface area contributed by atoms with E-state index in [1.54, 1.807) is 9.80 Å². The second kappa shape index (κ2) is 11.6. The molecule has 1 aliphatic carbocycles. The summed E-state index contributed by atoms with van der Waals surface area (Å²) in [5.74, 6) is -3.06. The van der Waals surface area contributed by atoms with Crippen LogP contribution in [0.25, 0.3) is 11.8 Å². The lowest BCUT2D eigenvalue weighted by molar-refractivity contribution is -0.126. The van der Waals surface area contributed by atoms with Gasteiger partial charge in [-0.15, -0.1) is 0 Å². The van der Waals surface area contributed by atoms with Crippen molar-refractivity contribution in [2.24, 2.45) is 0 Å². The number of aromatic nitrogens is 4. The van der Waals surface area contributed by atoms with Crippen LogP contribution in [0.4, 0.5) is 16.0 Å². The summed E-state index contributed by atoms with van der Waals surface area (Å²) in [5.41, 5.74) is -0.596. The number of hydrogen-bond donors (Lipinski definition) is 2. The quantitative estimate of drug-likeness (QED) is 0.484. The molecule has 3 aliphatic rings. The Morgan fingerprint density at radius 2 is 1.80 bits per heavy atom. The number of aliphatic hydroxyl groups excluding tert-OH is 1. The number of carbonyl (C=O) groups is 2. The summed E-state index contributed by atoms with van der Waals surface area (Å²) in [5, 5.41) is 22.8. The van der Waals surface area contributed by atoms with Crippen LogP contribution >= 0.6 is 0 Å². The van der Waals surface area contributed by atoms with Gasteiger partial charge in [0.05, 0.1) is 28.2 Å². The van der Waals surface area contributed by atoms with E-state index in [-0.39, 0.29) is 59.8 Å². The summed E-state index contributed by atoms with van der Waals surface area (Å²) in [7, 11) is 0. The first kappa shape index (κ1) is 30.5. The predicted octanol–water partition coefficient (Wildman–Crippen LogP) is 3.85. The summed E-state index contributed by atoms with van der Waals surface area (Å²) in [6, 6.07) is -0.350. The molecule has 2 aliphatic heterocycles. The number of aliphatic hydroxyl groups is 1. The van der Waals surface area contributed by atoms with Crippen molar-refractivity contribution < 1.29 is 24.3 Å². The van der Waals surface area contributed by atoms with Gasteiger partial charge in [-0.3, -0.25) is 14.8 Å². The Bertz CT molecular complexity index is 1730. The molecule has 0 bridgehead atoms. The van der Waals surface area contributed by atoms with Crippen molar-refractivity contribution in [2.75, 3.05) is 29.6 Å². The van der Waals surface area contributed by atoms with Crippen molar-refractivity contribution in [1.29, 1.82) is 0 Å². The molecule has 0 radical (unpaired) electrons. The molecule has 0 spiro atoms. The predicted molar refractivity (Wildman–Crippen MR) is 162 cm³/mol. The minimum Gasteiger partial charge on any atom is -0.507 e. The highest BCUT2D eigenvalue weighted by Crippen LogP contribution is 2.43. The fourth-order valence-electron chi connectivity index (χ4n) is 5.74. The molecule has 1 saturated heterocycles. The number of fused-ring (bicyclic) bond motifs is 1. The molecular weight excluding hydrogens is 569 g/mol. The minimum absolute atomic E-state index is 0.0554. The van der Waals surface area contributed by atoms with Crippen LogP contribution in [0.5, 0.6) is 0 Å². The summed E-state index contributed by atoms with van der Waals surface area (Å²) >= 11 is 0. The van der Waals surface area contributed by atoms with Gasteiger partial charge >= 0.3 is 5.69 Å². The first-order valence-electron chi connectivity index (χ1n) is 14.3. The highest BCUT2D eigenvalue weighted by atomic mass is 19.1. The van der Waals surface area contributed by atoms with Gasteiger partial charge in [0.2, 0.25) is 5.91 Å². The molecule has 0 unspecified atom stereocenters. The second-order valence-corrected chi connectivity index (χ2v) is 11.4. The second-order valence-electron chi connectivity index (χ2n) is 11.4. The number of anilines is 2. The molecule has 1 amide bonds. The van der Waals surface area contributed by atoms with Crippen LogP contribution in [0.1, 0.15) is 63.4 Å². The number of hydrogen-bond acceptors (Lipinski definition) is 10. The van der Waals surface area contributed by atoms with E-state index in [1.807, 2.05) is 34.6 Å². The molecule has 230 valence electrons. The van der Waals surface area contributed by atoms with Gasteiger partial charge in [-0.1, -0.05) is 40.3 Å². The number of halogens is 1. The Hall–Kier alpha value is -4.91. The molecule has 44 heavy (non-hydrogen) atoms. The average molecular weight is 604 g/mol. The van der Waals surface area contributed by atoms with Crippen LogP contribution in [0.3, 0.4) is 0 Å². The molecule has 1 atom stereocenters. The molecule has 0 saturated carbocycles. The molecule has 2 N–H and O–H groups in total. The van der Waals surface area contributed by atoms with E-state index < -0.39 is 34.3 Å². The van der Waals surface area contributed by atoms with Crippen molar-refractivity contribution in [3.63, 3.8) is 0 Å². The standard InChI is InChI=1S/C31H34FN7O5/c1-7-23(42)36-11-12-37(18(6)14-36)29-19-13-20(32)27(24-21(40)9-8-10-22(24)41)39(44)30(19)38(31(43)35-29)28-25(16(2)3)33-15-34-26(28)17(4)5/h7-10,13,15-18,40,44H,1,11-12,14H2,2-6H3/b27-24-/t18-/m0/s1. The van der Waals surface area contributed by atoms with Crippen molar-refractivity contribution in [3.8, 4) is 5.69 Å². The zero-order valence-corrected chi connectivity index (χ0v) is 25.2. The Labute approximate surface area is 253 Å². The number of piperazine rings is 1. The number of allylic oxidation sites excluding steroid dienone is 5. The highest BCUT2D eigenvalue weighted by Gasteiger charge is 2.39. The number of hydroxylamine groups is 1. The maximum Gasteiger partial charge on any atom is 0.355 e. The van der Waals surface area contributed by atoms with Crippen molar-refractivity contribution >= 4 is 29.4 Å². The maximum absolute atomic E-state index is 16.1. The Morgan fingerprint density at radius 1 is 1.14 bits per heavy atom. The van der Waals surface area contributed by atoms with Gasteiger partial charge in [-0.05, 0) is 43.1 Å². The average Bonchev–Trinajstić information content (AvgIpc) is 2.97. The van der Waals surface area contributed by atoms with Gasteiger partial charge in [0, 0.05) is 25.7 Å². The smallest absolute Gasteiger partial charge is 0.355 e. The third-order valence-corrected chi connectivity index (χ3v) is 7.82. The molecule has 13 heteroatoms. The summed E-state index contributed by atoms with van der Waals surface area (Å²) in [6.45, 7) is 13.8. The van der Waals surface area contributed by atoms with Gasteiger partial charge in [0.1, 0.15) is 23.6 Å². The van der Waals surface area contributed by atoms with Crippen LogP contribution in [0.15, 0.2) is 64.9 Å². The molecule has 1 fully saturated rings. The van der Waals surface area contributed by atoms with Crippen LogP contribution in [0.2, 0.25) is 0 Å². The first-order valence-corrected chi connectivity index (χ1v) is 14.3. The lowest BCUT2D eigenvalue weighted by Gasteiger charge is -2.41. The monoisotopic (exact) mass is 603 g/mol. The number of ketones is 1. The zero-order chi connectivity index (χ0) is 32.0. The van der Waals surface area contributed by atoms with Gasteiger partial charge in [0.25, 0.3) is 0 Å². The van der Waals surface area contributed by atoms with Crippen LogP contribution in [0, 0.1) is 0 Å². The molecule has 0 aromatic carbocycles. The van der Waals surface area contributed by atoms with E-state index in [0.29, 0.717) is 23.0 Å². The fourth-order valence-corrected chi connectivity index (χ4v) is 5.74. The summed E-state index contributed by atoms with van der Waals surface area (Å²) in [6.07, 6.45) is 7.36. The van der Waals surface area contributed by atoms with Crippen LogP contribution in [-0.4, -0.2) is 72.1 Å². The molecule has 12 nitrogen and oxygen atoms in total. The Morgan fingerprint density at radius 3 is 2.36 bits per heavy atom. The minimum atomic E-state index is -1.03. The van der Waals surface area contributed by atoms with E-state index in [2.05, 4.69) is 21.5 Å². The molecule has 2 aromatic rings. The number of amides is 1. The van der Waals surface area contributed by atoms with Gasteiger partial charge in [-0.25, -0.2) is 28.8 Å².